The monoisotopic (exact) mass is 506 g/mol. The van der Waals surface area contributed by atoms with Gasteiger partial charge in [-0.1, -0.05) is 41.9 Å². The van der Waals surface area contributed by atoms with Gasteiger partial charge in [-0.05, 0) is 48.5 Å². The number of esters is 2. The van der Waals surface area contributed by atoms with Crippen LogP contribution in [0.3, 0.4) is 0 Å². The van der Waals surface area contributed by atoms with Crippen LogP contribution in [0.1, 0.15) is 21.5 Å². The molecule has 10 heteroatoms. The van der Waals surface area contributed by atoms with E-state index >= 15 is 0 Å². The lowest BCUT2D eigenvalue weighted by Gasteiger charge is -2.34. The Morgan fingerprint density at radius 2 is 1.49 bits per heavy atom. The smallest absolute Gasteiger partial charge is 0.383 e. The highest BCUT2D eigenvalue weighted by Gasteiger charge is 2.42. The number of rotatable bonds is 6. The quantitative estimate of drug-likeness (QED) is 0.246. The van der Waals surface area contributed by atoms with Gasteiger partial charge in [0.25, 0.3) is 0 Å². The largest absolute Gasteiger partial charge is 0.491 e. The lowest BCUT2D eigenvalue weighted by molar-refractivity contribution is -0.200. The Kier molecular flexibility index (Phi) is 8.48. The average molecular weight is 507 g/mol. The number of halogens is 4. The van der Waals surface area contributed by atoms with Gasteiger partial charge in [-0.15, -0.1) is 0 Å². The maximum atomic E-state index is 12.7. The molecule has 0 atom stereocenters. The fourth-order valence-electron chi connectivity index (χ4n) is 3.30. The fourth-order valence-corrected chi connectivity index (χ4v) is 3.53. The van der Waals surface area contributed by atoms with Gasteiger partial charge < -0.3 is 14.5 Å². The normalized spacial score (nSPS) is 15.1. The third kappa shape index (κ3) is 7.80. The van der Waals surface area contributed by atoms with Crippen LogP contribution in [0.5, 0.6) is 0 Å². The maximum Gasteiger partial charge on any atom is 0.491 e. The average Bonchev–Trinajstić information content (AvgIpc) is 2.81. The van der Waals surface area contributed by atoms with Crippen LogP contribution in [0.2, 0.25) is 5.02 Å². The highest BCUT2D eigenvalue weighted by atomic mass is 35.5. The van der Waals surface area contributed by atoms with Crippen LogP contribution in [-0.2, 0) is 14.3 Å². The van der Waals surface area contributed by atoms with Gasteiger partial charge in [0.15, 0.2) is 5.78 Å². The van der Waals surface area contributed by atoms with E-state index in [2.05, 4.69) is 21.6 Å². The molecule has 0 bridgehead atoms. The molecule has 1 aliphatic heterocycles. The Labute approximate surface area is 205 Å². The van der Waals surface area contributed by atoms with Crippen LogP contribution < -0.4 is 4.90 Å². The molecule has 0 aliphatic carbocycles. The second kappa shape index (κ2) is 11.3. The Balaban J connectivity index is 1.62. The zero-order chi connectivity index (χ0) is 25.6. The number of benzene rings is 2. The molecule has 1 fully saturated rings. The first-order valence-electron chi connectivity index (χ1n) is 10.6. The zero-order valence-corrected chi connectivity index (χ0v) is 19.5. The zero-order valence-electron chi connectivity index (χ0n) is 18.7. The van der Waals surface area contributed by atoms with Gasteiger partial charge >= 0.3 is 18.1 Å². The molecule has 0 spiro atoms. The third-order valence-corrected chi connectivity index (χ3v) is 5.45. The van der Waals surface area contributed by atoms with E-state index in [9.17, 15) is 27.6 Å². The van der Waals surface area contributed by atoms with E-state index in [1.54, 1.807) is 36.4 Å². The Morgan fingerprint density at radius 3 is 2.06 bits per heavy atom. The number of likely N-dealkylation sites (N-methyl/N-ethyl adjacent to an activating group) is 1. The minimum absolute atomic E-state index is 0.219. The van der Waals surface area contributed by atoms with Gasteiger partial charge in [0, 0.05) is 48.5 Å². The Morgan fingerprint density at radius 1 is 0.914 bits per heavy atom. The van der Waals surface area contributed by atoms with Crippen molar-refractivity contribution in [1.82, 2.24) is 4.90 Å². The summed E-state index contributed by atoms with van der Waals surface area (Å²) in [5, 5.41) is 0.477. The maximum absolute atomic E-state index is 12.7. The summed E-state index contributed by atoms with van der Waals surface area (Å²) in [5.41, 5.74) is 2.53. The molecule has 0 saturated carbocycles. The number of allylic oxidation sites excluding steroid dienone is 1. The number of nitrogens with zero attached hydrogens (tertiary/aromatic N) is 2. The molecule has 2 aromatic carbocycles. The van der Waals surface area contributed by atoms with Crippen molar-refractivity contribution in [2.75, 3.05) is 38.1 Å². The van der Waals surface area contributed by atoms with Crippen LogP contribution in [0.15, 0.2) is 54.6 Å². The number of ether oxygens (including phenoxy) is 1. The van der Waals surface area contributed by atoms with Gasteiger partial charge in [-0.2, -0.15) is 13.2 Å². The second-order valence-corrected chi connectivity index (χ2v) is 8.33. The van der Waals surface area contributed by atoms with Gasteiger partial charge in [0.05, 0.1) is 0 Å². The summed E-state index contributed by atoms with van der Waals surface area (Å²) in [5.74, 6) is -4.23. The summed E-state index contributed by atoms with van der Waals surface area (Å²) in [6, 6.07) is 11.8. The summed E-state index contributed by atoms with van der Waals surface area (Å²) in [6.45, 7) is 3.54. The standard InChI is InChI=1S/C25H22ClF3N2O4/c1-30-10-12-31(13-11-30)21-15-19(14-20(26)16-21)22(32)8-6-17-2-4-18(5-3-17)7-9-23(33)35-24(34)25(27,28)29/h2-9,14-16H,10-13H2,1H3/b8-6+,9-7+. The van der Waals surface area contributed by atoms with Crippen molar-refractivity contribution in [2.24, 2.45) is 0 Å². The molecule has 2 aromatic rings. The highest BCUT2D eigenvalue weighted by molar-refractivity contribution is 6.31. The molecule has 0 amide bonds. The lowest BCUT2D eigenvalue weighted by atomic mass is 10.1. The minimum atomic E-state index is -5.24. The van der Waals surface area contributed by atoms with Crippen molar-refractivity contribution in [3.05, 3.63) is 76.3 Å². The van der Waals surface area contributed by atoms with Crippen molar-refractivity contribution in [1.29, 1.82) is 0 Å². The highest BCUT2D eigenvalue weighted by Crippen LogP contribution is 2.24. The first kappa shape index (κ1) is 26.2. The van der Waals surface area contributed by atoms with Crippen LogP contribution in [0, 0.1) is 0 Å². The van der Waals surface area contributed by atoms with E-state index in [1.165, 1.54) is 12.2 Å². The topological polar surface area (TPSA) is 66.9 Å². The van der Waals surface area contributed by atoms with Crippen LogP contribution in [0.25, 0.3) is 12.2 Å². The van der Waals surface area contributed by atoms with E-state index < -0.39 is 18.1 Å². The molecule has 184 valence electrons. The molecule has 1 heterocycles. The number of alkyl halides is 3. The molecule has 0 unspecified atom stereocenters. The molecule has 1 aliphatic rings. The lowest BCUT2D eigenvalue weighted by Crippen LogP contribution is -2.44. The van der Waals surface area contributed by atoms with Gasteiger partial charge in [-0.25, -0.2) is 9.59 Å². The van der Waals surface area contributed by atoms with E-state index in [0.29, 0.717) is 21.7 Å². The molecular weight excluding hydrogens is 485 g/mol. The first-order valence-corrected chi connectivity index (χ1v) is 11.0. The van der Waals surface area contributed by atoms with E-state index in [1.807, 2.05) is 12.1 Å². The van der Waals surface area contributed by atoms with Crippen molar-refractivity contribution in [3.63, 3.8) is 0 Å². The summed E-state index contributed by atoms with van der Waals surface area (Å²) in [7, 11) is 2.06. The van der Waals surface area contributed by atoms with E-state index in [0.717, 1.165) is 37.9 Å². The Hall–Kier alpha value is -3.43. The first-order chi connectivity index (χ1) is 16.5. The summed E-state index contributed by atoms with van der Waals surface area (Å²) in [4.78, 5) is 39.1. The summed E-state index contributed by atoms with van der Waals surface area (Å²) >= 11 is 6.25. The number of carbonyl (C=O) groups is 3. The van der Waals surface area contributed by atoms with Crippen LogP contribution >= 0.6 is 11.6 Å². The number of carbonyl (C=O) groups excluding carboxylic acids is 3. The molecule has 3 rings (SSSR count). The molecular formula is C25H22ClF3N2O4. The third-order valence-electron chi connectivity index (χ3n) is 5.24. The SMILES string of the molecule is CN1CCN(c2cc(Cl)cc(C(=O)/C=C/c3ccc(/C=C/C(=O)OC(=O)C(F)(F)F)cc3)c2)CC1. The van der Waals surface area contributed by atoms with Gasteiger partial charge in [0.2, 0.25) is 0 Å². The number of ketones is 1. The van der Waals surface area contributed by atoms with Crippen molar-refractivity contribution < 1.29 is 32.3 Å². The van der Waals surface area contributed by atoms with Crippen LogP contribution in [0.4, 0.5) is 18.9 Å². The van der Waals surface area contributed by atoms with Crippen molar-refractivity contribution in [3.8, 4) is 0 Å². The summed E-state index contributed by atoms with van der Waals surface area (Å²) in [6.07, 6.45) is -0.287. The summed E-state index contributed by atoms with van der Waals surface area (Å²) < 4.78 is 40.0. The number of piperazine rings is 1. The Bertz CT molecular complexity index is 1150. The van der Waals surface area contributed by atoms with E-state index in [-0.39, 0.29) is 5.78 Å². The van der Waals surface area contributed by atoms with Crippen LogP contribution in [-0.4, -0.2) is 62.0 Å². The predicted octanol–water partition coefficient (Wildman–Crippen LogP) is 4.63. The van der Waals surface area contributed by atoms with Gasteiger partial charge in [0.1, 0.15) is 0 Å². The van der Waals surface area contributed by atoms with Crippen molar-refractivity contribution in [2.45, 2.75) is 6.18 Å². The number of hydrogen-bond acceptors (Lipinski definition) is 6. The molecule has 35 heavy (non-hydrogen) atoms. The molecule has 1 saturated heterocycles. The predicted molar refractivity (Wildman–Crippen MR) is 127 cm³/mol. The fraction of sp³-hybridized carbons (Fsp3) is 0.240. The minimum Gasteiger partial charge on any atom is -0.383 e. The van der Waals surface area contributed by atoms with Gasteiger partial charge in [-0.3, -0.25) is 4.79 Å². The van der Waals surface area contributed by atoms with Crippen molar-refractivity contribution >= 4 is 47.2 Å². The van der Waals surface area contributed by atoms with E-state index in [4.69, 9.17) is 11.6 Å². The number of hydrogen-bond donors (Lipinski definition) is 0. The number of anilines is 1. The second-order valence-electron chi connectivity index (χ2n) is 7.89. The molecule has 6 nitrogen and oxygen atoms in total. The molecule has 0 N–H and O–H groups in total. The molecule has 0 aromatic heterocycles. The molecule has 0 radical (unpaired) electrons.